The minimum atomic E-state index is -1.82. The van der Waals surface area contributed by atoms with Crippen molar-refractivity contribution in [1.29, 1.82) is 0 Å². The van der Waals surface area contributed by atoms with Gasteiger partial charge in [-0.05, 0) is 63.7 Å². The average Bonchev–Trinajstić information content (AvgIpc) is 3.27. The van der Waals surface area contributed by atoms with E-state index in [9.17, 15) is 4.79 Å². The van der Waals surface area contributed by atoms with Crippen molar-refractivity contribution in [3.8, 4) is 0 Å². The fourth-order valence-electron chi connectivity index (χ4n) is 3.73. The van der Waals surface area contributed by atoms with Crippen LogP contribution in [0, 0.1) is 5.92 Å². The Labute approximate surface area is 177 Å². The molecule has 30 heavy (non-hydrogen) atoms. The van der Waals surface area contributed by atoms with Crippen LogP contribution in [0.15, 0.2) is 30.3 Å². The van der Waals surface area contributed by atoms with Crippen molar-refractivity contribution in [2.45, 2.75) is 44.6 Å². The van der Waals surface area contributed by atoms with Crippen LogP contribution in [0.3, 0.4) is 0 Å². The predicted molar refractivity (Wildman–Crippen MR) is 111 cm³/mol. The van der Waals surface area contributed by atoms with E-state index >= 15 is 0 Å². The highest BCUT2D eigenvalue weighted by Gasteiger charge is 2.25. The van der Waals surface area contributed by atoms with E-state index in [1.165, 1.54) is 12.0 Å². The van der Waals surface area contributed by atoms with Gasteiger partial charge in [0.05, 0.1) is 6.10 Å². The van der Waals surface area contributed by atoms with Gasteiger partial charge in [0, 0.05) is 19.1 Å². The van der Waals surface area contributed by atoms with E-state index in [2.05, 4.69) is 40.5 Å². The first-order valence-electron chi connectivity index (χ1n) is 10.6. The maximum Gasteiger partial charge on any atom is 0.414 e. The van der Waals surface area contributed by atoms with E-state index in [1.807, 2.05) is 0 Å². The Morgan fingerprint density at radius 1 is 1.03 bits per heavy atom. The van der Waals surface area contributed by atoms with Gasteiger partial charge in [0.1, 0.15) is 0 Å². The molecule has 0 radical (unpaired) electrons. The van der Waals surface area contributed by atoms with Gasteiger partial charge in [0.25, 0.3) is 0 Å². The Morgan fingerprint density at radius 2 is 1.70 bits per heavy atom. The summed E-state index contributed by atoms with van der Waals surface area (Å²) in [7, 11) is 0. The number of ether oxygens (including phenoxy) is 1. The number of carboxylic acid groups (broad SMARTS) is 2. The second kappa shape index (κ2) is 13.0. The van der Waals surface area contributed by atoms with Crippen molar-refractivity contribution >= 4 is 17.8 Å². The fraction of sp³-hybridized carbons (Fsp3) is 0.591. The fourth-order valence-corrected chi connectivity index (χ4v) is 3.73. The molecule has 1 amide bonds. The van der Waals surface area contributed by atoms with Gasteiger partial charge in [-0.15, -0.1) is 0 Å². The minimum Gasteiger partial charge on any atom is -0.473 e. The highest BCUT2D eigenvalue weighted by atomic mass is 16.5. The van der Waals surface area contributed by atoms with Crippen molar-refractivity contribution in [1.82, 2.24) is 10.2 Å². The lowest BCUT2D eigenvalue weighted by atomic mass is 9.95. The number of aryl methyl sites for hydroxylation is 1. The summed E-state index contributed by atoms with van der Waals surface area (Å²) in [5, 5.41) is 17.9. The van der Waals surface area contributed by atoms with Crippen molar-refractivity contribution < 1.29 is 29.3 Å². The molecule has 0 saturated carbocycles. The Balaban J connectivity index is 0.000000469. The van der Waals surface area contributed by atoms with E-state index < -0.39 is 11.9 Å². The van der Waals surface area contributed by atoms with Crippen LogP contribution in [-0.4, -0.2) is 71.8 Å². The Hall–Kier alpha value is -2.45. The molecule has 3 rings (SSSR count). The lowest BCUT2D eigenvalue weighted by molar-refractivity contribution is -0.159. The molecule has 0 aliphatic carbocycles. The number of carboxylic acids is 2. The molecular formula is C22H32N2O6. The van der Waals surface area contributed by atoms with Gasteiger partial charge < -0.3 is 25.2 Å². The molecule has 2 fully saturated rings. The largest absolute Gasteiger partial charge is 0.473 e. The first-order valence-corrected chi connectivity index (χ1v) is 10.6. The first-order chi connectivity index (χ1) is 14.5. The number of piperidine rings is 1. The second-order valence-electron chi connectivity index (χ2n) is 7.70. The molecule has 0 bridgehead atoms. The summed E-state index contributed by atoms with van der Waals surface area (Å²) in [5.41, 5.74) is 1.42. The molecule has 2 saturated heterocycles. The van der Waals surface area contributed by atoms with Crippen molar-refractivity contribution in [2.24, 2.45) is 5.92 Å². The van der Waals surface area contributed by atoms with Gasteiger partial charge in [-0.1, -0.05) is 30.3 Å². The van der Waals surface area contributed by atoms with Gasteiger partial charge in [-0.25, -0.2) is 9.59 Å². The smallest absolute Gasteiger partial charge is 0.414 e. The zero-order valence-corrected chi connectivity index (χ0v) is 17.3. The van der Waals surface area contributed by atoms with Gasteiger partial charge >= 0.3 is 11.9 Å². The Morgan fingerprint density at radius 3 is 2.27 bits per heavy atom. The van der Waals surface area contributed by atoms with E-state index in [0.717, 1.165) is 58.3 Å². The van der Waals surface area contributed by atoms with Crippen LogP contribution >= 0.6 is 0 Å². The molecule has 1 atom stereocenters. The van der Waals surface area contributed by atoms with Crippen LogP contribution in [0.4, 0.5) is 0 Å². The number of rotatable bonds is 7. The number of likely N-dealkylation sites (tertiary alicyclic amines) is 1. The first kappa shape index (κ1) is 23.8. The normalized spacial score (nSPS) is 19.5. The third kappa shape index (κ3) is 8.92. The molecule has 0 spiro atoms. The number of benzene rings is 1. The highest BCUT2D eigenvalue weighted by Crippen LogP contribution is 2.18. The van der Waals surface area contributed by atoms with Crippen LogP contribution < -0.4 is 5.32 Å². The average molecular weight is 421 g/mol. The van der Waals surface area contributed by atoms with E-state index in [-0.39, 0.29) is 17.9 Å². The SMILES string of the molecule is O=C(NCC1CCCO1)C1CCN(CCCc2ccccc2)CC1.O=C(O)C(=O)O. The number of hydrogen-bond acceptors (Lipinski definition) is 5. The molecule has 1 aromatic rings. The summed E-state index contributed by atoms with van der Waals surface area (Å²) < 4.78 is 5.57. The highest BCUT2D eigenvalue weighted by molar-refractivity contribution is 6.27. The van der Waals surface area contributed by atoms with Gasteiger partial charge in [-0.2, -0.15) is 0 Å². The number of carbonyl (C=O) groups excluding carboxylic acids is 1. The maximum atomic E-state index is 12.3. The Bertz CT molecular complexity index is 655. The maximum absolute atomic E-state index is 12.3. The van der Waals surface area contributed by atoms with Crippen molar-refractivity contribution in [3.63, 3.8) is 0 Å². The molecule has 2 aliphatic heterocycles. The topological polar surface area (TPSA) is 116 Å². The molecule has 166 valence electrons. The van der Waals surface area contributed by atoms with Crippen LogP contribution in [-0.2, 0) is 25.5 Å². The summed E-state index contributed by atoms with van der Waals surface area (Å²) in [6.07, 6.45) is 6.77. The minimum absolute atomic E-state index is 0.191. The summed E-state index contributed by atoms with van der Waals surface area (Å²) in [6.45, 7) is 4.77. The summed E-state index contributed by atoms with van der Waals surface area (Å²) in [6, 6.07) is 10.7. The van der Waals surface area contributed by atoms with E-state index in [1.54, 1.807) is 0 Å². The van der Waals surface area contributed by atoms with Crippen LogP contribution in [0.5, 0.6) is 0 Å². The molecule has 0 aromatic heterocycles. The summed E-state index contributed by atoms with van der Waals surface area (Å²) in [5.74, 6) is -3.23. The van der Waals surface area contributed by atoms with Crippen molar-refractivity contribution in [2.75, 3.05) is 32.8 Å². The van der Waals surface area contributed by atoms with Gasteiger partial charge in [0.2, 0.25) is 5.91 Å². The number of hydrogen-bond donors (Lipinski definition) is 3. The summed E-state index contributed by atoms with van der Waals surface area (Å²) in [4.78, 5) is 33.0. The van der Waals surface area contributed by atoms with Crippen LogP contribution in [0.1, 0.15) is 37.7 Å². The summed E-state index contributed by atoms with van der Waals surface area (Å²) >= 11 is 0. The molecule has 1 unspecified atom stereocenters. The predicted octanol–water partition coefficient (Wildman–Crippen LogP) is 1.78. The lowest BCUT2D eigenvalue weighted by Gasteiger charge is -2.31. The molecular weight excluding hydrogens is 388 g/mol. The van der Waals surface area contributed by atoms with Crippen LogP contribution in [0.25, 0.3) is 0 Å². The van der Waals surface area contributed by atoms with Gasteiger partial charge in [0.15, 0.2) is 0 Å². The van der Waals surface area contributed by atoms with Crippen LogP contribution in [0.2, 0.25) is 0 Å². The zero-order chi connectivity index (χ0) is 21.8. The van der Waals surface area contributed by atoms with E-state index in [0.29, 0.717) is 6.54 Å². The number of amides is 1. The number of aliphatic carboxylic acids is 2. The molecule has 2 aliphatic rings. The molecule has 2 heterocycles. The zero-order valence-electron chi connectivity index (χ0n) is 17.3. The third-order valence-corrected chi connectivity index (χ3v) is 5.45. The monoisotopic (exact) mass is 420 g/mol. The Kier molecular flexibility index (Phi) is 10.3. The van der Waals surface area contributed by atoms with E-state index in [4.69, 9.17) is 24.5 Å². The molecule has 8 nitrogen and oxygen atoms in total. The number of nitrogens with zero attached hydrogens (tertiary/aromatic N) is 1. The van der Waals surface area contributed by atoms with Crippen molar-refractivity contribution in [3.05, 3.63) is 35.9 Å². The molecule has 1 aromatic carbocycles. The molecule has 3 N–H and O–H groups in total. The third-order valence-electron chi connectivity index (χ3n) is 5.45. The molecule has 8 heteroatoms. The number of carbonyl (C=O) groups is 3. The standard InChI is InChI=1S/C20H30N2O2.C2H2O4/c23-20(21-16-19-9-5-15-24-19)18-10-13-22(14-11-18)12-4-8-17-6-2-1-3-7-17;3-1(4)2(5)6/h1-3,6-7,18-19H,4-5,8-16H2,(H,21,23);(H,3,4)(H,5,6). The van der Waals surface area contributed by atoms with Gasteiger partial charge in [-0.3, -0.25) is 4.79 Å². The quantitative estimate of drug-likeness (QED) is 0.576. The second-order valence-corrected chi connectivity index (χ2v) is 7.70. The lowest BCUT2D eigenvalue weighted by Crippen LogP contribution is -2.42. The number of nitrogens with one attached hydrogen (secondary N) is 1.